The number of nitrogens with two attached hydrogens (primary N) is 1. The van der Waals surface area contributed by atoms with E-state index in [9.17, 15) is 8.42 Å². The van der Waals surface area contributed by atoms with E-state index in [2.05, 4.69) is 9.62 Å². The largest absolute Gasteiger partial charge is 0.369 e. The number of nitrogens with zero attached hydrogens (tertiary/aromatic N) is 1. The molecule has 1 aliphatic rings. The van der Waals surface area contributed by atoms with Crippen LogP contribution in [0.3, 0.4) is 0 Å². The Balaban J connectivity index is 2.30. The van der Waals surface area contributed by atoms with Crippen molar-refractivity contribution in [2.45, 2.75) is 37.1 Å². The minimum Gasteiger partial charge on any atom is -0.369 e. The lowest BCUT2D eigenvalue weighted by molar-refractivity contribution is 0.503. The predicted molar refractivity (Wildman–Crippen MR) is 81.3 cm³/mol. The molecule has 1 heterocycles. The maximum absolute atomic E-state index is 12.4. The quantitative estimate of drug-likeness (QED) is 0.859. The highest BCUT2D eigenvalue weighted by atomic mass is 32.2. The van der Waals surface area contributed by atoms with Gasteiger partial charge in [0.05, 0.1) is 5.69 Å². The molecule has 2 rings (SSSR count). The molecule has 0 aromatic heterocycles. The summed E-state index contributed by atoms with van der Waals surface area (Å²) in [5.74, 6) is 0. The average Bonchev–Trinajstić information content (AvgIpc) is 2.45. The van der Waals surface area contributed by atoms with E-state index in [-0.39, 0.29) is 6.04 Å². The molecule has 1 aromatic rings. The Morgan fingerprint density at radius 3 is 2.85 bits per heavy atom. The Morgan fingerprint density at radius 2 is 2.15 bits per heavy atom. The van der Waals surface area contributed by atoms with Crippen LogP contribution in [0, 0.1) is 0 Å². The molecule has 0 amide bonds. The second-order valence-electron chi connectivity index (χ2n) is 5.21. The van der Waals surface area contributed by atoms with E-state index in [1.807, 2.05) is 19.1 Å². The number of sulfonamides is 1. The van der Waals surface area contributed by atoms with E-state index in [1.165, 1.54) is 0 Å². The second kappa shape index (κ2) is 6.56. The Hall–Kier alpha value is -1.11. The van der Waals surface area contributed by atoms with Crippen molar-refractivity contribution in [1.82, 2.24) is 4.72 Å². The van der Waals surface area contributed by atoms with Crippen molar-refractivity contribution in [2.24, 2.45) is 5.73 Å². The zero-order valence-corrected chi connectivity index (χ0v) is 12.7. The first kappa shape index (κ1) is 15.3. The molecule has 1 aromatic carbocycles. The molecule has 6 heteroatoms. The molecule has 1 unspecified atom stereocenters. The Bertz CT molecular complexity index is 545. The molecule has 1 fully saturated rings. The van der Waals surface area contributed by atoms with E-state index in [0.717, 1.165) is 31.5 Å². The van der Waals surface area contributed by atoms with Gasteiger partial charge in [0.1, 0.15) is 4.90 Å². The summed E-state index contributed by atoms with van der Waals surface area (Å²) in [6, 6.07) is 7.26. The fraction of sp³-hybridized carbons (Fsp3) is 0.571. The van der Waals surface area contributed by atoms with Gasteiger partial charge in [-0.25, -0.2) is 13.1 Å². The maximum atomic E-state index is 12.4. The van der Waals surface area contributed by atoms with Crippen LogP contribution in [0.25, 0.3) is 0 Å². The van der Waals surface area contributed by atoms with E-state index in [4.69, 9.17) is 5.73 Å². The van der Waals surface area contributed by atoms with Crippen molar-refractivity contribution >= 4 is 15.7 Å². The van der Waals surface area contributed by atoms with Gasteiger partial charge in [0.25, 0.3) is 0 Å². The highest BCUT2D eigenvalue weighted by molar-refractivity contribution is 7.89. The lowest BCUT2D eigenvalue weighted by Gasteiger charge is -2.33. The molecule has 20 heavy (non-hydrogen) atoms. The number of piperidine rings is 1. The molecule has 0 radical (unpaired) electrons. The molecular formula is C14H23N3O2S. The average molecular weight is 297 g/mol. The van der Waals surface area contributed by atoms with Crippen molar-refractivity contribution in [3.8, 4) is 0 Å². The lowest BCUT2D eigenvalue weighted by Crippen LogP contribution is -2.43. The zero-order valence-electron chi connectivity index (χ0n) is 11.9. The molecule has 0 spiro atoms. The van der Waals surface area contributed by atoms with Crippen LogP contribution in [0.5, 0.6) is 0 Å². The van der Waals surface area contributed by atoms with Crippen LogP contribution < -0.4 is 15.4 Å². The van der Waals surface area contributed by atoms with Crippen molar-refractivity contribution in [2.75, 3.05) is 24.5 Å². The third-order valence-electron chi connectivity index (χ3n) is 3.50. The standard InChI is InChI=1S/C14H23N3O2S/c1-2-9-16-20(18,19)14-8-4-3-7-13(14)17-10-5-6-12(15)11-17/h3-4,7-8,12,16H,2,5-6,9-11,15H2,1H3. The van der Waals surface area contributed by atoms with Crippen LogP contribution in [0.15, 0.2) is 29.2 Å². The molecule has 0 aliphatic carbocycles. The summed E-state index contributed by atoms with van der Waals surface area (Å²) in [6.07, 6.45) is 2.77. The van der Waals surface area contributed by atoms with Crippen LogP contribution in [-0.4, -0.2) is 34.1 Å². The van der Waals surface area contributed by atoms with Crippen molar-refractivity contribution in [3.05, 3.63) is 24.3 Å². The van der Waals surface area contributed by atoms with E-state index in [0.29, 0.717) is 18.0 Å². The third-order valence-corrected chi connectivity index (χ3v) is 5.00. The van der Waals surface area contributed by atoms with Gasteiger partial charge in [-0.1, -0.05) is 19.1 Å². The highest BCUT2D eigenvalue weighted by Crippen LogP contribution is 2.27. The van der Waals surface area contributed by atoms with Crippen LogP contribution in [0.2, 0.25) is 0 Å². The van der Waals surface area contributed by atoms with Crippen molar-refractivity contribution in [3.63, 3.8) is 0 Å². The topological polar surface area (TPSA) is 75.4 Å². The smallest absolute Gasteiger partial charge is 0.242 e. The molecule has 1 atom stereocenters. The molecule has 1 saturated heterocycles. The molecule has 1 aliphatic heterocycles. The minimum atomic E-state index is -3.45. The number of hydrogen-bond donors (Lipinski definition) is 2. The predicted octanol–water partition coefficient (Wildman–Crippen LogP) is 1.30. The Kier molecular flexibility index (Phi) is 5.01. The zero-order chi connectivity index (χ0) is 14.6. The van der Waals surface area contributed by atoms with Crippen molar-refractivity contribution < 1.29 is 8.42 Å². The SMILES string of the molecule is CCCNS(=O)(=O)c1ccccc1N1CCCC(N)C1. The van der Waals surface area contributed by atoms with Crippen LogP contribution >= 0.6 is 0 Å². The van der Waals surface area contributed by atoms with E-state index < -0.39 is 10.0 Å². The maximum Gasteiger partial charge on any atom is 0.242 e. The van der Waals surface area contributed by atoms with Gasteiger partial charge < -0.3 is 10.6 Å². The second-order valence-corrected chi connectivity index (χ2v) is 6.95. The Morgan fingerprint density at radius 1 is 1.40 bits per heavy atom. The van der Waals surface area contributed by atoms with Crippen molar-refractivity contribution in [1.29, 1.82) is 0 Å². The lowest BCUT2D eigenvalue weighted by atomic mass is 10.1. The van der Waals surface area contributed by atoms with Gasteiger partial charge in [-0.2, -0.15) is 0 Å². The van der Waals surface area contributed by atoms with Gasteiger partial charge in [-0.05, 0) is 31.4 Å². The summed E-state index contributed by atoms with van der Waals surface area (Å²) in [5.41, 5.74) is 6.75. The Labute approximate surface area is 121 Å². The van der Waals surface area contributed by atoms with E-state index >= 15 is 0 Å². The summed E-state index contributed by atoms with van der Waals surface area (Å²) in [7, 11) is -3.45. The number of rotatable bonds is 5. The van der Waals surface area contributed by atoms with Crippen LogP contribution in [-0.2, 0) is 10.0 Å². The molecule has 112 valence electrons. The summed E-state index contributed by atoms with van der Waals surface area (Å²) < 4.78 is 27.4. The first-order valence-corrected chi connectivity index (χ1v) is 8.62. The van der Waals surface area contributed by atoms with Gasteiger partial charge in [0, 0.05) is 25.7 Å². The molecular weight excluding hydrogens is 274 g/mol. The monoisotopic (exact) mass is 297 g/mol. The highest BCUT2D eigenvalue weighted by Gasteiger charge is 2.24. The number of nitrogens with one attached hydrogen (secondary N) is 1. The van der Waals surface area contributed by atoms with Gasteiger partial charge in [-0.3, -0.25) is 0 Å². The summed E-state index contributed by atoms with van der Waals surface area (Å²) in [5, 5.41) is 0. The molecule has 0 saturated carbocycles. The third kappa shape index (κ3) is 3.50. The summed E-state index contributed by atoms with van der Waals surface area (Å²) in [6.45, 7) is 3.96. The number of anilines is 1. The number of hydrogen-bond acceptors (Lipinski definition) is 4. The van der Waals surface area contributed by atoms with Gasteiger partial charge in [0.2, 0.25) is 10.0 Å². The number of para-hydroxylation sites is 1. The van der Waals surface area contributed by atoms with Gasteiger partial charge in [-0.15, -0.1) is 0 Å². The first-order valence-electron chi connectivity index (χ1n) is 7.14. The first-order chi connectivity index (χ1) is 9.54. The fourth-order valence-electron chi connectivity index (χ4n) is 2.49. The fourth-order valence-corrected chi connectivity index (χ4v) is 3.85. The van der Waals surface area contributed by atoms with Crippen LogP contribution in [0.1, 0.15) is 26.2 Å². The van der Waals surface area contributed by atoms with Gasteiger partial charge >= 0.3 is 0 Å². The molecule has 0 bridgehead atoms. The molecule has 3 N–H and O–H groups in total. The van der Waals surface area contributed by atoms with Crippen LogP contribution in [0.4, 0.5) is 5.69 Å². The summed E-state index contributed by atoms with van der Waals surface area (Å²) in [4.78, 5) is 2.43. The van der Waals surface area contributed by atoms with Gasteiger partial charge in [0.15, 0.2) is 0 Å². The number of benzene rings is 1. The molecule has 5 nitrogen and oxygen atoms in total. The van der Waals surface area contributed by atoms with E-state index in [1.54, 1.807) is 12.1 Å². The normalized spacial score (nSPS) is 20.1. The summed E-state index contributed by atoms with van der Waals surface area (Å²) >= 11 is 0. The minimum absolute atomic E-state index is 0.114.